The molecule has 118 valence electrons. The lowest BCUT2D eigenvalue weighted by atomic mass is 10.0. The second-order valence-electron chi connectivity index (χ2n) is 5.90. The van der Waals surface area contributed by atoms with Crippen LogP contribution in [0.3, 0.4) is 0 Å². The monoisotopic (exact) mass is 309 g/mol. The Labute approximate surface area is 134 Å². The van der Waals surface area contributed by atoms with Crippen molar-refractivity contribution in [2.45, 2.75) is 20.3 Å². The van der Waals surface area contributed by atoms with Gasteiger partial charge in [-0.3, -0.25) is 14.3 Å². The summed E-state index contributed by atoms with van der Waals surface area (Å²) < 4.78 is 6.76. The smallest absolute Gasteiger partial charge is 0.258 e. The Balaban J connectivity index is 2.27. The summed E-state index contributed by atoms with van der Waals surface area (Å²) in [5.41, 5.74) is 2.26. The number of fused-ring (bicyclic) bond motifs is 1. The highest BCUT2D eigenvalue weighted by Crippen LogP contribution is 2.19. The minimum atomic E-state index is -0.0221. The molecule has 0 atom stereocenters. The largest absolute Gasteiger partial charge is 0.481 e. The summed E-state index contributed by atoms with van der Waals surface area (Å²) in [4.78, 5) is 21.3. The number of rotatable bonds is 4. The van der Waals surface area contributed by atoms with Gasteiger partial charge < -0.3 is 4.74 Å². The van der Waals surface area contributed by atoms with Gasteiger partial charge in [0.25, 0.3) is 5.56 Å². The summed E-state index contributed by atoms with van der Waals surface area (Å²) in [6, 6.07) is 7.47. The molecule has 0 saturated carbocycles. The van der Waals surface area contributed by atoms with E-state index in [4.69, 9.17) is 4.74 Å². The van der Waals surface area contributed by atoms with Crippen molar-refractivity contribution in [1.29, 1.82) is 0 Å². The summed E-state index contributed by atoms with van der Waals surface area (Å²) in [7, 11) is 1.57. The lowest BCUT2D eigenvalue weighted by Gasteiger charge is -2.13. The van der Waals surface area contributed by atoms with Crippen molar-refractivity contribution in [3.05, 3.63) is 58.8 Å². The fourth-order valence-corrected chi connectivity index (χ4v) is 2.68. The van der Waals surface area contributed by atoms with E-state index in [-0.39, 0.29) is 5.56 Å². The molecular weight excluding hydrogens is 290 g/mol. The van der Waals surface area contributed by atoms with E-state index in [1.807, 2.05) is 18.2 Å². The molecule has 0 aliphatic carbocycles. The van der Waals surface area contributed by atoms with Gasteiger partial charge in [-0.05, 0) is 30.5 Å². The van der Waals surface area contributed by atoms with Gasteiger partial charge in [0.05, 0.1) is 30.7 Å². The maximum atomic E-state index is 12.9. The molecule has 0 amide bonds. The van der Waals surface area contributed by atoms with E-state index in [1.54, 1.807) is 36.3 Å². The number of ether oxygens (including phenoxy) is 1. The Morgan fingerprint density at radius 2 is 2.04 bits per heavy atom. The standard InChI is InChI=1S/C18H19N3O2/c1-12(2)8-14-9-13-6-7-19-11-16(13)21(18(14)22)15-4-5-17(23-3)20-10-15/h4-7,9-12H,8H2,1-3H3. The first-order chi connectivity index (χ1) is 11.1. The molecule has 5 heteroatoms. The highest BCUT2D eigenvalue weighted by molar-refractivity contribution is 5.80. The van der Waals surface area contributed by atoms with Crippen LogP contribution in [0.15, 0.2) is 47.7 Å². The molecule has 0 aliphatic heterocycles. The number of nitrogens with zero attached hydrogens (tertiary/aromatic N) is 3. The molecule has 3 rings (SSSR count). The average molecular weight is 309 g/mol. The zero-order valence-electron chi connectivity index (χ0n) is 13.5. The number of hydrogen-bond acceptors (Lipinski definition) is 4. The van der Waals surface area contributed by atoms with Gasteiger partial charge in [0.1, 0.15) is 0 Å². The Morgan fingerprint density at radius 3 is 2.70 bits per heavy atom. The lowest BCUT2D eigenvalue weighted by molar-refractivity contribution is 0.398. The van der Waals surface area contributed by atoms with E-state index in [0.717, 1.165) is 22.9 Å². The van der Waals surface area contributed by atoms with Gasteiger partial charge >= 0.3 is 0 Å². The molecule has 0 N–H and O–H groups in total. The Kier molecular flexibility index (Phi) is 4.10. The number of aromatic nitrogens is 3. The summed E-state index contributed by atoms with van der Waals surface area (Å²) in [5.74, 6) is 0.923. The van der Waals surface area contributed by atoms with E-state index in [9.17, 15) is 4.79 Å². The fraction of sp³-hybridized carbons (Fsp3) is 0.278. The Hall–Kier alpha value is -2.69. The van der Waals surface area contributed by atoms with Crippen molar-refractivity contribution in [2.24, 2.45) is 5.92 Å². The number of hydrogen-bond donors (Lipinski definition) is 0. The second kappa shape index (κ2) is 6.20. The molecule has 3 aromatic rings. The van der Waals surface area contributed by atoms with Crippen molar-refractivity contribution in [2.75, 3.05) is 7.11 Å². The van der Waals surface area contributed by atoms with E-state index in [0.29, 0.717) is 17.5 Å². The Morgan fingerprint density at radius 1 is 1.22 bits per heavy atom. The molecule has 3 heterocycles. The van der Waals surface area contributed by atoms with Gasteiger partial charge in [0, 0.05) is 23.2 Å². The van der Waals surface area contributed by atoms with Crippen molar-refractivity contribution in [3.8, 4) is 11.6 Å². The van der Waals surface area contributed by atoms with Crippen LogP contribution in [0.1, 0.15) is 19.4 Å². The Bertz CT molecular complexity index is 883. The second-order valence-corrected chi connectivity index (χ2v) is 5.90. The van der Waals surface area contributed by atoms with E-state index >= 15 is 0 Å². The zero-order valence-corrected chi connectivity index (χ0v) is 13.5. The van der Waals surface area contributed by atoms with Gasteiger partial charge in [-0.25, -0.2) is 4.98 Å². The SMILES string of the molecule is COc1ccc(-n2c(=O)c(CC(C)C)cc3ccncc32)cn1. The topological polar surface area (TPSA) is 57.0 Å². The number of methoxy groups -OCH3 is 1. The summed E-state index contributed by atoms with van der Waals surface area (Å²) in [6.07, 6.45) is 5.83. The predicted octanol–water partition coefficient (Wildman–Crippen LogP) is 2.99. The van der Waals surface area contributed by atoms with Crippen LogP contribution in [0, 0.1) is 5.92 Å². The molecule has 0 unspecified atom stereocenters. The third-order valence-electron chi connectivity index (χ3n) is 3.70. The van der Waals surface area contributed by atoms with Crippen LogP contribution in [0.5, 0.6) is 5.88 Å². The number of pyridine rings is 3. The van der Waals surface area contributed by atoms with Gasteiger partial charge in [-0.15, -0.1) is 0 Å². The molecule has 0 bridgehead atoms. The molecule has 0 aliphatic rings. The molecule has 0 saturated heterocycles. The minimum absolute atomic E-state index is 0.0221. The molecule has 0 aromatic carbocycles. The third-order valence-corrected chi connectivity index (χ3v) is 3.70. The molecule has 23 heavy (non-hydrogen) atoms. The van der Waals surface area contributed by atoms with Gasteiger partial charge in [-0.1, -0.05) is 13.8 Å². The molecule has 0 radical (unpaired) electrons. The zero-order chi connectivity index (χ0) is 16.4. The van der Waals surface area contributed by atoms with Crippen LogP contribution in [0.4, 0.5) is 0 Å². The molecule has 0 spiro atoms. The van der Waals surface area contributed by atoms with Crippen LogP contribution in [-0.2, 0) is 6.42 Å². The highest BCUT2D eigenvalue weighted by Gasteiger charge is 2.12. The lowest BCUT2D eigenvalue weighted by Crippen LogP contribution is -2.24. The first-order valence-electron chi connectivity index (χ1n) is 7.59. The summed E-state index contributed by atoms with van der Waals surface area (Å²) in [5, 5.41) is 0.992. The van der Waals surface area contributed by atoms with E-state index in [2.05, 4.69) is 23.8 Å². The first-order valence-corrected chi connectivity index (χ1v) is 7.59. The van der Waals surface area contributed by atoms with Crippen molar-refractivity contribution in [1.82, 2.24) is 14.5 Å². The molecular formula is C18H19N3O2. The quantitative estimate of drug-likeness (QED) is 0.743. The maximum absolute atomic E-state index is 12.9. The predicted molar refractivity (Wildman–Crippen MR) is 90.2 cm³/mol. The maximum Gasteiger partial charge on any atom is 0.258 e. The van der Waals surface area contributed by atoms with Gasteiger partial charge in [0.2, 0.25) is 5.88 Å². The highest BCUT2D eigenvalue weighted by atomic mass is 16.5. The van der Waals surface area contributed by atoms with Crippen molar-refractivity contribution >= 4 is 10.9 Å². The summed E-state index contributed by atoms with van der Waals surface area (Å²) in [6.45, 7) is 4.21. The average Bonchev–Trinajstić information content (AvgIpc) is 2.55. The van der Waals surface area contributed by atoms with Crippen molar-refractivity contribution < 1.29 is 4.74 Å². The third kappa shape index (κ3) is 2.95. The van der Waals surface area contributed by atoms with Crippen molar-refractivity contribution in [3.63, 3.8) is 0 Å². The van der Waals surface area contributed by atoms with Crippen LogP contribution in [0.2, 0.25) is 0 Å². The minimum Gasteiger partial charge on any atom is -0.481 e. The van der Waals surface area contributed by atoms with Crippen LogP contribution < -0.4 is 10.3 Å². The van der Waals surface area contributed by atoms with E-state index in [1.165, 1.54) is 0 Å². The van der Waals surface area contributed by atoms with Crippen LogP contribution >= 0.6 is 0 Å². The van der Waals surface area contributed by atoms with E-state index < -0.39 is 0 Å². The molecule has 5 nitrogen and oxygen atoms in total. The van der Waals surface area contributed by atoms with Crippen LogP contribution in [-0.4, -0.2) is 21.6 Å². The normalized spacial score (nSPS) is 11.1. The van der Waals surface area contributed by atoms with Gasteiger partial charge in [-0.2, -0.15) is 0 Å². The van der Waals surface area contributed by atoms with Gasteiger partial charge in [0.15, 0.2) is 0 Å². The molecule has 3 aromatic heterocycles. The fourth-order valence-electron chi connectivity index (χ4n) is 2.68. The molecule has 0 fully saturated rings. The van der Waals surface area contributed by atoms with Crippen LogP contribution in [0.25, 0.3) is 16.6 Å². The summed E-state index contributed by atoms with van der Waals surface area (Å²) >= 11 is 0. The first kappa shape index (κ1) is 15.2.